The Bertz CT molecular complexity index is 1500. The van der Waals surface area contributed by atoms with Crippen molar-refractivity contribution < 1.29 is 28.2 Å². The summed E-state index contributed by atoms with van der Waals surface area (Å²) in [6, 6.07) is 16.0. The van der Waals surface area contributed by atoms with Crippen molar-refractivity contribution in [2.45, 2.75) is 51.5 Å². The number of carbonyl (C=O) groups is 3. The van der Waals surface area contributed by atoms with Gasteiger partial charge in [-0.15, -0.1) is 0 Å². The molecule has 1 aromatic heterocycles. The molecular weight excluding hydrogens is 553 g/mol. The molecule has 10 nitrogen and oxygen atoms in total. The summed E-state index contributed by atoms with van der Waals surface area (Å²) in [7, 11) is 3.44. The number of benzene rings is 2. The van der Waals surface area contributed by atoms with Gasteiger partial charge in [-0.1, -0.05) is 24.3 Å². The van der Waals surface area contributed by atoms with E-state index in [1.165, 1.54) is 6.07 Å². The van der Waals surface area contributed by atoms with Crippen molar-refractivity contribution >= 4 is 23.6 Å². The largest absolute Gasteiger partial charge is 0.444 e. The Morgan fingerprint density at radius 3 is 2.23 bits per heavy atom. The third-order valence-corrected chi connectivity index (χ3v) is 7.66. The Labute approximate surface area is 250 Å². The highest BCUT2D eigenvalue weighted by molar-refractivity contribution is 5.94. The van der Waals surface area contributed by atoms with Crippen LogP contribution in [0.3, 0.4) is 0 Å². The third kappa shape index (κ3) is 6.42. The van der Waals surface area contributed by atoms with Crippen molar-refractivity contribution in [2.75, 3.05) is 39.2 Å². The predicted molar refractivity (Wildman–Crippen MR) is 159 cm³/mol. The topological polar surface area (TPSA) is 105 Å². The van der Waals surface area contributed by atoms with Crippen molar-refractivity contribution in [3.63, 3.8) is 0 Å². The molecule has 5 rings (SSSR count). The fourth-order valence-corrected chi connectivity index (χ4v) is 5.44. The van der Waals surface area contributed by atoms with E-state index in [2.05, 4.69) is 15.5 Å². The van der Waals surface area contributed by atoms with Gasteiger partial charge in [-0.25, -0.2) is 9.18 Å². The van der Waals surface area contributed by atoms with Gasteiger partial charge >= 0.3 is 6.09 Å². The molecule has 3 aromatic rings. The van der Waals surface area contributed by atoms with Gasteiger partial charge in [0.15, 0.2) is 5.82 Å². The number of rotatable bonds is 7. The van der Waals surface area contributed by atoms with Crippen LogP contribution in [0.5, 0.6) is 0 Å². The molecule has 2 aliphatic rings. The zero-order chi connectivity index (χ0) is 30.9. The van der Waals surface area contributed by atoms with Gasteiger partial charge < -0.3 is 24.3 Å². The number of nitrogens with one attached hydrogen (secondary N) is 2. The van der Waals surface area contributed by atoms with E-state index in [1.54, 1.807) is 68.6 Å². The van der Waals surface area contributed by atoms with Crippen LogP contribution in [0.15, 0.2) is 54.6 Å². The molecule has 0 radical (unpaired) electrons. The van der Waals surface area contributed by atoms with Gasteiger partial charge in [0.1, 0.15) is 16.8 Å². The van der Waals surface area contributed by atoms with Gasteiger partial charge in [0.25, 0.3) is 11.8 Å². The molecule has 2 aromatic carbocycles. The number of carbonyl (C=O) groups excluding carboxylic acids is 3. The molecule has 0 atom stereocenters. The first-order valence-corrected chi connectivity index (χ1v) is 14.3. The summed E-state index contributed by atoms with van der Waals surface area (Å²) in [5, 5.41) is 5.50. The Balaban J connectivity index is 1.25. The van der Waals surface area contributed by atoms with Gasteiger partial charge in [0.2, 0.25) is 0 Å². The van der Waals surface area contributed by atoms with E-state index in [9.17, 15) is 14.4 Å². The lowest BCUT2D eigenvalue weighted by Gasteiger charge is -2.52. The minimum atomic E-state index is -0.605. The SMILES string of the molecule is CN(C)C(=O)c1ccc(CN2CCn3c(cc(F)c3C(=O)NCc3ccc(NC(=O)OC(C)(C)C)cc3)C23COC3)cc1. The second-order valence-corrected chi connectivity index (χ2v) is 12.2. The molecule has 43 heavy (non-hydrogen) atoms. The number of amides is 3. The average Bonchev–Trinajstić information content (AvgIpc) is 3.26. The van der Waals surface area contributed by atoms with E-state index >= 15 is 4.39 Å². The van der Waals surface area contributed by atoms with Crippen LogP contribution in [0, 0.1) is 5.82 Å². The Morgan fingerprint density at radius 2 is 1.65 bits per heavy atom. The molecule has 2 N–H and O–H groups in total. The van der Waals surface area contributed by atoms with Crippen molar-refractivity contribution in [3.8, 4) is 0 Å². The summed E-state index contributed by atoms with van der Waals surface area (Å²) in [5.74, 6) is -1.12. The van der Waals surface area contributed by atoms with Crippen LogP contribution in [0.4, 0.5) is 14.9 Å². The molecule has 1 fully saturated rings. The molecule has 11 heteroatoms. The molecule has 2 aliphatic heterocycles. The molecule has 0 saturated carbocycles. The molecule has 1 saturated heterocycles. The van der Waals surface area contributed by atoms with Crippen molar-refractivity contribution in [1.82, 2.24) is 19.7 Å². The van der Waals surface area contributed by atoms with Gasteiger partial charge in [-0.2, -0.15) is 0 Å². The number of nitrogens with zero attached hydrogens (tertiary/aromatic N) is 3. The number of hydrogen-bond donors (Lipinski definition) is 2. The highest BCUT2D eigenvalue weighted by Gasteiger charge is 2.51. The fourth-order valence-electron chi connectivity index (χ4n) is 5.44. The molecule has 3 amide bonds. The van der Waals surface area contributed by atoms with E-state index in [-0.39, 0.29) is 18.1 Å². The van der Waals surface area contributed by atoms with Crippen LogP contribution in [-0.2, 0) is 34.6 Å². The van der Waals surface area contributed by atoms with Gasteiger partial charge in [0.05, 0.1) is 13.2 Å². The fraction of sp³-hybridized carbons (Fsp3) is 0.406. The van der Waals surface area contributed by atoms with Gasteiger partial charge in [-0.05, 0) is 62.2 Å². The summed E-state index contributed by atoms with van der Waals surface area (Å²) < 4.78 is 28.0. The minimum Gasteiger partial charge on any atom is -0.444 e. The molecule has 0 bridgehead atoms. The Kier molecular flexibility index (Phi) is 8.31. The number of ether oxygens (including phenoxy) is 2. The summed E-state index contributed by atoms with van der Waals surface area (Å²) in [6.45, 7) is 8.02. The number of halogens is 1. The van der Waals surface area contributed by atoms with Gasteiger partial charge in [0, 0.05) is 57.2 Å². The second kappa shape index (κ2) is 11.8. The van der Waals surface area contributed by atoms with Crippen molar-refractivity contribution in [1.29, 1.82) is 0 Å². The summed E-state index contributed by atoms with van der Waals surface area (Å²) >= 11 is 0. The van der Waals surface area contributed by atoms with Crippen LogP contribution in [0.2, 0.25) is 0 Å². The lowest BCUT2D eigenvalue weighted by atomic mass is 9.88. The maximum atomic E-state index is 15.4. The highest BCUT2D eigenvalue weighted by Crippen LogP contribution is 2.41. The maximum Gasteiger partial charge on any atom is 0.412 e. The number of fused-ring (bicyclic) bond motifs is 2. The van der Waals surface area contributed by atoms with Crippen molar-refractivity contribution in [2.24, 2.45) is 0 Å². The number of aromatic nitrogens is 1. The number of anilines is 1. The summed E-state index contributed by atoms with van der Waals surface area (Å²) in [6.07, 6.45) is -0.551. The first-order valence-electron chi connectivity index (χ1n) is 14.3. The smallest absolute Gasteiger partial charge is 0.412 e. The molecule has 0 aliphatic carbocycles. The zero-order valence-corrected chi connectivity index (χ0v) is 25.2. The average molecular weight is 592 g/mol. The zero-order valence-electron chi connectivity index (χ0n) is 25.2. The third-order valence-electron chi connectivity index (χ3n) is 7.66. The number of hydrogen-bond acceptors (Lipinski definition) is 6. The van der Waals surface area contributed by atoms with E-state index < -0.39 is 29.0 Å². The van der Waals surface area contributed by atoms with E-state index in [0.717, 1.165) is 16.8 Å². The Morgan fingerprint density at radius 1 is 1.00 bits per heavy atom. The monoisotopic (exact) mass is 591 g/mol. The Hall–Kier alpha value is -4.22. The summed E-state index contributed by atoms with van der Waals surface area (Å²) in [5.41, 5.74) is 2.61. The van der Waals surface area contributed by atoms with Crippen molar-refractivity contribution in [3.05, 3.63) is 88.5 Å². The maximum absolute atomic E-state index is 15.4. The van der Waals surface area contributed by atoms with Gasteiger partial charge in [-0.3, -0.25) is 19.8 Å². The van der Waals surface area contributed by atoms with E-state index in [0.29, 0.717) is 44.1 Å². The molecule has 3 heterocycles. The molecular formula is C32H38FN5O5. The van der Waals surface area contributed by atoms with Crippen LogP contribution in [0.1, 0.15) is 58.4 Å². The van der Waals surface area contributed by atoms with Crippen LogP contribution >= 0.6 is 0 Å². The van der Waals surface area contributed by atoms with Crippen LogP contribution < -0.4 is 10.6 Å². The normalized spacial score (nSPS) is 15.8. The quantitative estimate of drug-likeness (QED) is 0.424. The molecule has 1 spiro atoms. The van der Waals surface area contributed by atoms with Crippen LogP contribution in [-0.4, -0.2) is 71.7 Å². The predicted octanol–water partition coefficient (Wildman–Crippen LogP) is 4.35. The standard InChI is InChI=1S/C32H38FN5O5/c1-31(2,3)43-30(41)35-24-12-8-21(9-13-24)17-34-28(39)27-25(33)16-26-32(19-42-20-32)37(14-15-38(26)27)18-22-6-10-23(11-7-22)29(40)36(4)5/h6-13,16H,14-15,17-20H2,1-5H3,(H,34,39)(H,35,41). The summed E-state index contributed by atoms with van der Waals surface area (Å²) in [4.78, 5) is 41.3. The molecule has 0 unspecified atom stereocenters. The lowest BCUT2D eigenvalue weighted by molar-refractivity contribution is -0.162. The first kappa shape index (κ1) is 30.2. The van der Waals surface area contributed by atoms with E-state index in [1.807, 2.05) is 24.3 Å². The minimum absolute atomic E-state index is 0.00990. The first-order chi connectivity index (χ1) is 20.4. The molecule has 228 valence electrons. The highest BCUT2D eigenvalue weighted by atomic mass is 19.1. The van der Waals surface area contributed by atoms with Crippen LogP contribution in [0.25, 0.3) is 0 Å². The second-order valence-electron chi connectivity index (χ2n) is 12.2. The van der Waals surface area contributed by atoms with E-state index in [4.69, 9.17) is 9.47 Å². The lowest BCUT2D eigenvalue weighted by Crippen LogP contribution is -2.63.